The van der Waals surface area contributed by atoms with Crippen molar-refractivity contribution in [2.75, 3.05) is 0 Å². The minimum absolute atomic E-state index is 0.400. The minimum atomic E-state index is 0.400. The van der Waals surface area contributed by atoms with Gasteiger partial charge < -0.3 is 4.74 Å². The van der Waals surface area contributed by atoms with E-state index in [2.05, 4.69) is 20.4 Å². The normalized spacial score (nSPS) is 37.5. The first-order valence-electron chi connectivity index (χ1n) is 3.05. The van der Waals surface area contributed by atoms with Crippen LogP contribution in [0.1, 0.15) is 20.3 Å². The van der Waals surface area contributed by atoms with Gasteiger partial charge in [-0.05, 0) is 13.3 Å². The molecule has 0 aromatic rings. The van der Waals surface area contributed by atoms with Crippen LogP contribution >= 0.6 is 0 Å². The van der Waals surface area contributed by atoms with E-state index in [4.69, 9.17) is 4.74 Å². The van der Waals surface area contributed by atoms with E-state index in [0.717, 1.165) is 12.2 Å². The molecule has 1 fully saturated rings. The molecule has 1 heteroatoms. The second-order valence-corrected chi connectivity index (χ2v) is 2.53. The Labute approximate surface area is 50.3 Å². The zero-order valence-electron chi connectivity index (χ0n) is 5.48. The molecule has 0 aromatic carbocycles. The van der Waals surface area contributed by atoms with Gasteiger partial charge in [-0.25, -0.2) is 0 Å². The lowest BCUT2D eigenvalue weighted by molar-refractivity contribution is 0.178. The van der Waals surface area contributed by atoms with Crippen molar-refractivity contribution in [1.82, 2.24) is 0 Å². The summed E-state index contributed by atoms with van der Waals surface area (Å²) in [5.74, 6) is 1.53. The van der Waals surface area contributed by atoms with Crippen molar-refractivity contribution in [1.29, 1.82) is 0 Å². The van der Waals surface area contributed by atoms with Crippen LogP contribution in [0, 0.1) is 5.92 Å². The van der Waals surface area contributed by atoms with Gasteiger partial charge in [-0.3, -0.25) is 0 Å². The standard InChI is InChI=1S/C7H12O/c1-5-4-6(2)8-7(5)3/h5-6H,3-4H2,1-2H3/t5?,6-/m1/s1. The number of ether oxygens (including phenoxy) is 1. The lowest BCUT2D eigenvalue weighted by atomic mass is 10.1. The molecule has 1 aliphatic rings. The summed E-state index contributed by atoms with van der Waals surface area (Å²) in [6, 6.07) is 0. The maximum Gasteiger partial charge on any atom is 0.0961 e. The lowest BCUT2D eigenvalue weighted by Crippen LogP contribution is -1.94. The van der Waals surface area contributed by atoms with E-state index in [-0.39, 0.29) is 0 Å². The van der Waals surface area contributed by atoms with Crippen molar-refractivity contribution < 1.29 is 4.74 Å². The molecule has 0 spiro atoms. The number of allylic oxidation sites excluding steroid dienone is 1. The Morgan fingerprint density at radius 2 is 2.25 bits per heavy atom. The fourth-order valence-corrected chi connectivity index (χ4v) is 1.05. The molecule has 0 radical (unpaired) electrons. The first kappa shape index (κ1) is 5.67. The van der Waals surface area contributed by atoms with Crippen molar-refractivity contribution in [2.24, 2.45) is 5.92 Å². The molecule has 1 rings (SSSR count). The van der Waals surface area contributed by atoms with Crippen LogP contribution in [0.3, 0.4) is 0 Å². The smallest absolute Gasteiger partial charge is 0.0961 e. The van der Waals surface area contributed by atoms with Gasteiger partial charge in [-0.15, -0.1) is 0 Å². The molecular weight excluding hydrogens is 100 g/mol. The molecule has 1 nitrogen and oxygen atoms in total. The van der Waals surface area contributed by atoms with E-state index >= 15 is 0 Å². The minimum Gasteiger partial charge on any atom is -0.495 e. The highest BCUT2D eigenvalue weighted by atomic mass is 16.5. The highest BCUT2D eigenvalue weighted by Crippen LogP contribution is 2.26. The first-order valence-corrected chi connectivity index (χ1v) is 3.05. The Morgan fingerprint density at radius 3 is 2.38 bits per heavy atom. The van der Waals surface area contributed by atoms with Gasteiger partial charge in [0.15, 0.2) is 0 Å². The van der Waals surface area contributed by atoms with E-state index in [1.54, 1.807) is 0 Å². The Balaban J connectivity index is 2.51. The summed E-state index contributed by atoms with van der Waals surface area (Å²) in [6.45, 7) is 7.99. The Hall–Kier alpha value is -0.460. The summed E-state index contributed by atoms with van der Waals surface area (Å²) in [5, 5.41) is 0. The predicted octanol–water partition coefficient (Wildman–Crippen LogP) is 1.95. The topological polar surface area (TPSA) is 9.23 Å². The van der Waals surface area contributed by atoms with E-state index in [0.29, 0.717) is 12.0 Å². The lowest BCUT2D eigenvalue weighted by Gasteiger charge is -2.00. The summed E-state index contributed by atoms with van der Waals surface area (Å²) >= 11 is 0. The van der Waals surface area contributed by atoms with Gasteiger partial charge in [0.25, 0.3) is 0 Å². The largest absolute Gasteiger partial charge is 0.495 e. The monoisotopic (exact) mass is 112 g/mol. The Bertz CT molecular complexity index is 107. The zero-order valence-corrected chi connectivity index (χ0v) is 5.48. The van der Waals surface area contributed by atoms with Crippen molar-refractivity contribution in [3.63, 3.8) is 0 Å². The number of rotatable bonds is 0. The fraction of sp³-hybridized carbons (Fsp3) is 0.714. The van der Waals surface area contributed by atoms with E-state index in [1.165, 1.54) is 0 Å². The molecular formula is C7H12O. The summed E-state index contributed by atoms with van der Waals surface area (Å²) < 4.78 is 5.28. The van der Waals surface area contributed by atoms with Crippen LogP contribution in [0.4, 0.5) is 0 Å². The van der Waals surface area contributed by atoms with Crippen LogP contribution in [-0.2, 0) is 4.74 Å². The molecule has 0 bridgehead atoms. The molecule has 1 aliphatic heterocycles. The van der Waals surface area contributed by atoms with Crippen molar-refractivity contribution in [2.45, 2.75) is 26.4 Å². The van der Waals surface area contributed by atoms with Crippen LogP contribution in [0.15, 0.2) is 12.3 Å². The molecule has 46 valence electrons. The maximum atomic E-state index is 5.28. The quantitative estimate of drug-likeness (QED) is 0.465. The first-order chi connectivity index (χ1) is 3.70. The predicted molar refractivity (Wildman–Crippen MR) is 33.5 cm³/mol. The van der Waals surface area contributed by atoms with Crippen LogP contribution in [0.5, 0.6) is 0 Å². The molecule has 0 saturated carbocycles. The Kier molecular flexibility index (Phi) is 1.28. The van der Waals surface area contributed by atoms with Gasteiger partial charge in [0, 0.05) is 5.92 Å². The molecule has 2 atom stereocenters. The van der Waals surface area contributed by atoms with Gasteiger partial charge >= 0.3 is 0 Å². The van der Waals surface area contributed by atoms with E-state index < -0.39 is 0 Å². The van der Waals surface area contributed by atoms with Gasteiger partial charge in [0.2, 0.25) is 0 Å². The maximum absolute atomic E-state index is 5.28. The van der Waals surface area contributed by atoms with Crippen LogP contribution < -0.4 is 0 Å². The van der Waals surface area contributed by atoms with Gasteiger partial charge in [0.1, 0.15) is 0 Å². The van der Waals surface area contributed by atoms with Crippen molar-refractivity contribution in [3.05, 3.63) is 12.3 Å². The summed E-state index contributed by atoms with van der Waals surface area (Å²) in [4.78, 5) is 0. The molecule has 8 heavy (non-hydrogen) atoms. The van der Waals surface area contributed by atoms with Gasteiger partial charge in [-0.1, -0.05) is 13.5 Å². The van der Waals surface area contributed by atoms with Crippen molar-refractivity contribution in [3.8, 4) is 0 Å². The highest BCUT2D eigenvalue weighted by molar-refractivity contribution is 4.95. The number of hydrogen-bond acceptors (Lipinski definition) is 1. The average Bonchev–Trinajstić information content (AvgIpc) is 1.85. The third kappa shape index (κ3) is 0.857. The van der Waals surface area contributed by atoms with E-state index in [9.17, 15) is 0 Å². The third-order valence-electron chi connectivity index (χ3n) is 1.59. The van der Waals surface area contributed by atoms with E-state index in [1.807, 2.05) is 0 Å². The van der Waals surface area contributed by atoms with Crippen LogP contribution in [-0.4, -0.2) is 6.10 Å². The second-order valence-electron chi connectivity index (χ2n) is 2.53. The molecule has 1 saturated heterocycles. The van der Waals surface area contributed by atoms with Gasteiger partial charge in [-0.2, -0.15) is 0 Å². The second kappa shape index (κ2) is 1.81. The molecule has 1 unspecified atom stereocenters. The zero-order chi connectivity index (χ0) is 6.15. The Morgan fingerprint density at radius 1 is 1.62 bits per heavy atom. The molecule has 0 amide bonds. The van der Waals surface area contributed by atoms with Crippen LogP contribution in [0.2, 0.25) is 0 Å². The molecule has 0 aromatic heterocycles. The summed E-state index contributed by atoms with van der Waals surface area (Å²) in [6.07, 6.45) is 1.54. The number of hydrogen-bond donors (Lipinski definition) is 0. The average molecular weight is 112 g/mol. The molecule has 0 aliphatic carbocycles. The molecule has 1 heterocycles. The fourth-order valence-electron chi connectivity index (χ4n) is 1.05. The molecule has 0 N–H and O–H groups in total. The SMILES string of the molecule is C=C1O[C@H](C)CC1C. The van der Waals surface area contributed by atoms with Crippen LogP contribution in [0.25, 0.3) is 0 Å². The van der Waals surface area contributed by atoms with Crippen molar-refractivity contribution >= 4 is 0 Å². The summed E-state index contributed by atoms with van der Waals surface area (Å²) in [5.41, 5.74) is 0. The summed E-state index contributed by atoms with van der Waals surface area (Å²) in [7, 11) is 0. The third-order valence-corrected chi connectivity index (χ3v) is 1.59. The van der Waals surface area contributed by atoms with Gasteiger partial charge in [0.05, 0.1) is 11.9 Å². The highest BCUT2D eigenvalue weighted by Gasteiger charge is 2.21.